The fraction of sp³-hybridized carbons (Fsp3) is 0.375. The van der Waals surface area contributed by atoms with Gasteiger partial charge in [-0.2, -0.15) is 4.31 Å². The maximum atomic E-state index is 11.9. The van der Waals surface area contributed by atoms with E-state index in [9.17, 15) is 13.2 Å². The van der Waals surface area contributed by atoms with Gasteiger partial charge in [-0.1, -0.05) is 0 Å². The van der Waals surface area contributed by atoms with Crippen LogP contribution >= 0.6 is 11.3 Å². The third kappa shape index (κ3) is 2.71. The van der Waals surface area contributed by atoms with Crippen LogP contribution in [0.4, 0.5) is 5.69 Å². The molecule has 0 unspecified atom stereocenters. The van der Waals surface area contributed by atoms with Crippen molar-refractivity contribution < 1.29 is 13.2 Å². The molecule has 6 nitrogen and oxygen atoms in total. The summed E-state index contributed by atoms with van der Waals surface area (Å²) in [5.41, 5.74) is 5.85. The zero-order chi connectivity index (χ0) is 12.3. The molecule has 1 aromatic heterocycles. The van der Waals surface area contributed by atoms with Crippen LogP contribution in [0.15, 0.2) is 15.7 Å². The second-order valence-electron chi connectivity index (χ2n) is 3.13. The minimum absolute atomic E-state index is 0.136. The normalized spacial score (nSPS) is 11.7. The Hall–Kier alpha value is -1.12. The van der Waals surface area contributed by atoms with E-state index in [1.54, 1.807) is 5.38 Å². The van der Waals surface area contributed by atoms with Crippen LogP contribution in [0.1, 0.15) is 0 Å². The van der Waals surface area contributed by atoms with Crippen LogP contribution in [0.25, 0.3) is 0 Å². The van der Waals surface area contributed by atoms with Gasteiger partial charge in [0.2, 0.25) is 5.91 Å². The third-order valence-corrected chi connectivity index (χ3v) is 5.14. The van der Waals surface area contributed by atoms with E-state index in [-0.39, 0.29) is 16.7 Å². The zero-order valence-corrected chi connectivity index (χ0v) is 10.6. The van der Waals surface area contributed by atoms with Gasteiger partial charge in [-0.15, -0.1) is 11.3 Å². The van der Waals surface area contributed by atoms with Gasteiger partial charge in [0.15, 0.2) is 0 Å². The minimum Gasteiger partial charge on any atom is -0.398 e. The Morgan fingerprint density at radius 1 is 1.62 bits per heavy atom. The molecule has 3 N–H and O–H groups in total. The molecule has 1 rings (SSSR count). The van der Waals surface area contributed by atoms with Crippen LogP contribution in [0, 0.1) is 0 Å². The fourth-order valence-electron chi connectivity index (χ4n) is 0.985. The highest BCUT2D eigenvalue weighted by Crippen LogP contribution is 2.24. The van der Waals surface area contributed by atoms with Crippen molar-refractivity contribution in [3.8, 4) is 0 Å². The molecule has 0 atom stereocenters. The number of nitrogens with two attached hydrogens (primary N) is 1. The van der Waals surface area contributed by atoms with Gasteiger partial charge in [0, 0.05) is 25.2 Å². The molecule has 0 radical (unpaired) electrons. The Balaban J connectivity index is 2.90. The summed E-state index contributed by atoms with van der Waals surface area (Å²) in [7, 11) is -0.814. The van der Waals surface area contributed by atoms with Crippen molar-refractivity contribution in [2.75, 3.05) is 26.4 Å². The van der Waals surface area contributed by atoms with E-state index < -0.39 is 10.0 Å². The summed E-state index contributed by atoms with van der Waals surface area (Å²) in [5.74, 6) is -0.365. The van der Waals surface area contributed by atoms with Gasteiger partial charge in [0.05, 0.1) is 6.54 Å². The van der Waals surface area contributed by atoms with Crippen molar-refractivity contribution in [3.63, 3.8) is 0 Å². The van der Waals surface area contributed by atoms with E-state index in [2.05, 4.69) is 5.32 Å². The van der Waals surface area contributed by atoms with Crippen LogP contribution in [0.5, 0.6) is 0 Å². The lowest BCUT2D eigenvalue weighted by molar-refractivity contribution is -0.120. The molecule has 0 aliphatic heterocycles. The minimum atomic E-state index is -3.61. The highest BCUT2D eigenvalue weighted by molar-refractivity contribution is 7.91. The third-order valence-electron chi connectivity index (χ3n) is 1.91. The average molecular weight is 263 g/mol. The van der Waals surface area contributed by atoms with Gasteiger partial charge in [0.1, 0.15) is 4.21 Å². The Kier molecular flexibility index (Phi) is 3.89. The van der Waals surface area contributed by atoms with E-state index in [0.29, 0.717) is 5.69 Å². The quantitative estimate of drug-likeness (QED) is 0.780. The number of carbonyl (C=O) groups excluding carboxylic acids is 1. The molecule has 0 aliphatic carbocycles. The first kappa shape index (κ1) is 12.9. The summed E-state index contributed by atoms with van der Waals surface area (Å²) >= 11 is 1.03. The number of likely N-dealkylation sites (N-methyl/N-ethyl adjacent to an activating group) is 2. The Morgan fingerprint density at radius 3 is 2.69 bits per heavy atom. The van der Waals surface area contributed by atoms with Crippen LogP contribution < -0.4 is 11.1 Å². The molecule has 1 heterocycles. The first-order chi connectivity index (χ1) is 7.37. The monoisotopic (exact) mass is 263 g/mol. The molecular formula is C8H13N3O3S2. The summed E-state index contributed by atoms with van der Waals surface area (Å²) in [4.78, 5) is 11.1. The van der Waals surface area contributed by atoms with E-state index in [4.69, 9.17) is 5.73 Å². The lowest BCUT2D eigenvalue weighted by Gasteiger charge is -2.14. The number of nitrogens with zero attached hydrogens (tertiary/aromatic N) is 1. The SMILES string of the molecule is CNC(=O)CN(C)S(=O)(=O)c1cc(N)cs1. The maximum absolute atomic E-state index is 11.9. The standard InChI is InChI=1S/C8H13N3O3S2/c1-10-7(12)4-11(2)16(13,14)8-3-6(9)5-15-8/h3,5H,4,9H2,1-2H3,(H,10,12). The van der Waals surface area contributed by atoms with Crippen molar-refractivity contribution in [3.05, 3.63) is 11.4 Å². The number of anilines is 1. The van der Waals surface area contributed by atoms with Gasteiger partial charge in [-0.05, 0) is 6.07 Å². The number of sulfonamides is 1. The number of hydrogen-bond donors (Lipinski definition) is 2. The van der Waals surface area contributed by atoms with Crippen LogP contribution in [-0.4, -0.2) is 39.3 Å². The van der Waals surface area contributed by atoms with Crippen LogP contribution in [0.3, 0.4) is 0 Å². The topological polar surface area (TPSA) is 92.5 Å². The van der Waals surface area contributed by atoms with E-state index in [0.717, 1.165) is 15.6 Å². The van der Waals surface area contributed by atoms with Crippen molar-refractivity contribution in [1.82, 2.24) is 9.62 Å². The smallest absolute Gasteiger partial charge is 0.252 e. The molecule has 1 aromatic rings. The van der Waals surface area contributed by atoms with Gasteiger partial charge >= 0.3 is 0 Å². The molecule has 1 amide bonds. The summed E-state index contributed by atoms with van der Waals surface area (Å²) in [5, 5.41) is 3.90. The second-order valence-corrected chi connectivity index (χ2v) is 6.32. The predicted molar refractivity (Wildman–Crippen MR) is 62.6 cm³/mol. The molecule has 0 bridgehead atoms. The second kappa shape index (κ2) is 4.81. The number of rotatable bonds is 4. The highest BCUT2D eigenvalue weighted by Gasteiger charge is 2.23. The van der Waals surface area contributed by atoms with Crippen molar-refractivity contribution in [1.29, 1.82) is 0 Å². The fourth-order valence-corrected chi connectivity index (χ4v) is 3.40. The van der Waals surface area contributed by atoms with E-state index >= 15 is 0 Å². The molecule has 0 saturated carbocycles. The van der Waals surface area contributed by atoms with Gasteiger partial charge in [-0.25, -0.2) is 8.42 Å². The molecular weight excluding hydrogens is 250 g/mol. The number of nitrogens with one attached hydrogen (secondary N) is 1. The zero-order valence-electron chi connectivity index (χ0n) is 8.93. The summed E-state index contributed by atoms with van der Waals surface area (Å²) in [6, 6.07) is 1.38. The molecule has 0 saturated heterocycles. The molecule has 0 aromatic carbocycles. The molecule has 0 spiro atoms. The number of thiophene rings is 1. The first-order valence-corrected chi connectivity index (χ1v) is 6.71. The first-order valence-electron chi connectivity index (χ1n) is 4.39. The van der Waals surface area contributed by atoms with Gasteiger partial charge in [-0.3, -0.25) is 4.79 Å². The van der Waals surface area contributed by atoms with Crippen molar-refractivity contribution >= 4 is 33.0 Å². The average Bonchev–Trinajstić information content (AvgIpc) is 2.65. The Bertz CT molecular complexity index is 480. The number of carbonyl (C=O) groups is 1. The van der Waals surface area contributed by atoms with Crippen molar-refractivity contribution in [2.45, 2.75) is 4.21 Å². The molecule has 90 valence electrons. The van der Waals surface area contributed by atoms with Crippen LogP contribution in [-0.2, 0) is 14.8 Å². The molecule has 8 heteroatoms. The molecule has 16 heavy (non-hydrogen) atoms. The lowest BCUT2D eigenvalue weighted by Crippen LogP contribution is -2.36. The van der Waals surface area contributed by atoms with Gasteiger partial charge in [0.25, 0.3) is 10.0 Å². The van der Waals surface area contributed by atoms with E-state index in [1.165, 1.54) is 20.2 Å². The number of nitrogen functional groups attached to an aromatic ring is 1. The summed E-state index contributed by atoms with van der Waals surface area (Å²) < 4.78 is 24.9. The Morgan fingerprint density at radius 2 is 2.25 bits per heavy atom. The maximum Gasteiger partial charge on any atom is 0.252 e. The Labute approximate surface area is 98.1 Å². The largest absolute Gasteiger partial charge is 0.398 e. The predicted octanol–water partition coefficient (Wildman–Crippen LogP) is -0.303. The highest BCUT2D eigenvalue weighted by atomic mass is 32.2. The van der Waals surface area contributed by atoms with E-state index in [1.807, 2.05) is 0 Å². The van der Waals surface area contributed by atoms with Crippen LogP contribution in [0.2, 0.25) is 0 Å². The number of amides is 1. The van der Waals surface area contributed by atoms with Gasteiger partial charge < -0.3 is 11.1 Å². The van der Waals surface area contributed by atoms with Crippen molar-refractivity contribution in [2.24, 2.45) is 0 Å². The molecule has 0 aliphatic rings. The summed E-state index contributed by atoms with van der Waals surface area (Å²) in [6.07, 6.45) is 0. The summed E-state index contributed by atoms with van der Waals surface area (Å²) in [6.45, 7) is -0.212. The number of hydrogen-bond acceptors (Lipinski definition) is 5. The lowest BCUT2D eigenvalue weighted by atomic mass is 10.6. The molecule has 0 fully saturated rings.